The Morgan fingerprint density at radius 1 is 1.18 bits per heavy atom. The van der Waals surface area contributed by atoms with Gasteiger partial charge in [-0.25, -0.2) is 14.4 Å². The van der Waals surface area contributed by atoms with Gasteiger partial charge in [0.1, 0.15) is 6.04 Å². The van der Waals surface area contributed by atoms with E-state index < -0.39 is 36.0 Å². The van der Waals surface area contributed by atoms with Crippen molar-refractivity contribution in [2.75, 3.05) is 13.7 Å². The molecule has 0 heterocycles. The topological polar surface area (TPSA) is 120 Å². The second kappa shape index (κ2) is 10.9. The molecule has 28 heavy (non-hydrogen) atoms. The van der Waals surface area contributed by atoms with E-state index in [0.29, 0.717) is 11.5 Å². The van der Waals surface area contributed by atoms with Gasteiger partial charge in [0.15, 0.2) is 0 Å². The van der Waals surface area contributed by atoms with Crippen molar-refractivity contribution in [2.24, 2.45) is 5.92 Å². The van der Waals surface area contributed by atoms with Crippen LogP contribution < -0.4 is 0 Å². The minimum absolute atomic E-state index is 0.0674. The smallest absolute Gasteiger partial charge is 0.451 e. The van der Waals surface area contributed by atoms with Crippen molar-refractivity contribution in [1.29, 1.82) is 5.41 Å². The second-order valence-electron chi connectivity index (χ2n) is 6.45. The number of rotatable bonds is 7. The maximum absolute atomic E-state index is 12.3. The second-order valence-corrected chi connectivity index (χ2v) is 6.45. The van der Waals surface area contributed by atoms with Gasteiger partial charge in [-0.2, -0.15) is 0 Å². The van der Waals surface area contributed by atoms with E-state index in [2.05, 4.69) is 0 Å². The summed E-state index contributed by atoms with van der Waals surface area (Å²) in [6.45, 7) is 4.99. The third-order valence-electron chi connectivity index (χ3n) is 3.80. The predicted molar refractivity (Wildman–Crippen MR) is 101 cm³/mol. The minimum atomic E-state index is -1.19. The lowest BCUT2D eigenvalue weighted by Crippen LogP contribution is -2.53. The van der Waals surface area contributed by atoms with Crippen LogP contribution in [0.5, 0.6) is 0 Å². The van der Waals surface area contributed by atoms with Crippen LogP contribution in [0.4, 0.5) is 4.79 Å². The summed E-state index contributed by atoms with van der Waals surface area (Å²) in [5, 5.41) is 18.2. The van der Waals surface area contributed by atoms with Gasteiger partial charge < -0.3 is 19.6 Å². The molecule has 0 radical (unpaired) electrons. The van der Waals surface area contributed by atoms with Crippen LogP contribution in [0.3, 0.4) is 0 Å². The van der Waals surface area contributed by atoms with Crippen LogP contribution in [0, 0.1) is 11.3 Å². The van der Waals surface area contributed by atoms with E-state index in [0.717, 1.165) is 10.5 Å². The van der Waals surface area contributed by atoms with Gasteiger partial charge in [-0.15, -0.1) is 0 Å². The zero-order chi connectivity index (χ0) is 21.3. The maximum atomic E-state index is 12.3. The first-order valence-corrected chi connectivity index (χ1v) is 8.95. The number of carboxylic acid groups (broad SMARTS) is 1. The van der Waals surface area contributed by atoms with Crippen molar-refractivity contribution in [3.05, 3.63) is 35.9 Å². The van der Waals surface area contributed by atoms with Crippen molar-refractivity contribution in [3.8, 4) is 0 Å². The van der Waals surface area contributed by atoms with Crippen molar-refractivity contribution in [1.82, 2.24) is 9.96 Å². The summed E-state index contributed by atoms with van der Waals surface area (Å²) in [5.41, 5.74) is 0.744. The Bertz CT molecular complexity index is 692. The zero-order valence-corrected chi connectivity index (χ0v) is 16.5. The molecule has 0 spiro atoms. The number of nitrogens with zero attached hydrogens (tertiary/aromatic N) is 2. The molecule has 154 valence electrons. The molecule has 9 nitrogen and oxygen atoms in total. The SMILES string of the molecule is CCCOC(=O)N(OC(=O)C(C)C)C(=N)N(C)C(Cc1ccccc1)C(=O)O. The summed E-state index contributed by atoms with van der Waals surface area (Å²) >= 11 is 0. The van der Waals surface area contributed by atoms with Crippen molar-refractivity contribution in [2.45, 2.75) is 39.7 Å². The number of likely N-dealkylation sites (N-methyl/N-ethyl adjacent to an activating group) is 1. The molecule has 1 rings (SSSR count). The van der Waals surface area contributed by atoms with E-state index in [1.165, 1.54) is 7.05 Å². The van der Waals surface area contributed by atoms with Crippen LogP contribution >= 0.6 is 0 Å². The molecular weight excluding hydrogens is 366 g/mol. The molecule has 0 aliphatic rings. The number of hydroxylamine groups is 2. The lowest BCUT2D eigenvalue weighted by Gasteiger charge is -2.31. The molecule has 0 bridgehead atoms. The Morgan fingerprint density at radius 3 is 2.29 bits per heavy atom. The molecule has 1 amide bonds. The summed E-state index contributed by atoms with van der Waals surface area (Å²) < 4.78 is 4.96. The Balaban J connectivity index is 3.05. The molecule has 1 aromatic rings. The van der Waals surface area contributed by atoms with Crippen LogP contribution in [0.1, 0.15) is 32.8 Å². The van der Waals surface area contributed by atoms with Crippen molar-refractivity contribution < 1.29 is 29.1 Å². The molecule has 0 aliphatic carbocycles. The third kappa shape index (κ3) is 6.57. The van der Waals surface area contributed by atoms with Gasteiger partial charge in [0.25, 0.3) is 0 Å². The number of carbonyl (C=O) groups excluding carboxylic acids is 2. The van der Waals surface area contributed by atoms with Gasteiger partial charge in [0, 0.05) is 13.5 Å². The maximum Gasteiger partial charge on any atom is 0.451 e. The summed E-state index contributed by atoms with van der Waals surface area (Å²) in [5.74, 6) is -3.10. The molecule has 0 aromatic heterocycles. The van der Waals surface area contributed by atoms with Gasteiger partial charge in [0.05, 0.1) is 12.5 Å². The zero-order valence-electron chi connectivity index (χ0n) is 16.5. The number of nitrogens with one attached hydrogen (secondary N) is 1. The number of amides is 1. The highest BCUT2D eigenvalue weighted by atomic mass is 16.8. The quantitative estimate of drug-likeness (QED) is 0.415. The minimum Gasteiger partial charge on any atom is -0.480 e. The molecule has 1 unspecified atom stereocenters. The molecule has 0 saturated heterocycles. The highest BCUT2D eigenvalue weighted by Crippen LogP contribution is 2.12. The number of aliphatic carboxylic acids is 1. The molecule has 0 fully saturated rings. The molecule has 1 aromatic carbocycles. The van der Waals surface area contributed by atoms with E-state index >= 15 is 0 Å². The Labute approximate surface area is 164 Å². The van der Waals surface area contributed by atoms with E-state index in [4.69, 9.17) is 15.0 Å². The number of carboxylic acids is 1. The Morgan fingerprint density at radius 2 is 1.79 bits per heavy atom. The largest absolute Gasteiger partial charge is 0.480 e. The number of ether oxygens (including phenoxy) is 1. The molecule has 2 N–H and O–H groups in total. The molecule has 1 atom stereocenters. The summed E-state index contributed by atoms with van der Waals surface area (Å²) in [6.07, 6.45) is -0.436. The highest BCUT2D eigenvalue weighted by Gasteiger charge is 2.34. The van der Waals surface area contributed by atoms with Gasteiger partial charge in [0.2, 0.25) is 5.96 Å². The number of carbonyl (C=O) groups is 3. The van der Waals surface area contributed by atoms with Gasteiger partial charge in [-0.05, 0) is 12.0 Å². The monoisotopic (exact) mass is 393 g/mol. The lowest BCUT2D eigenvalue weighted by molar-refractivity contribution is -0.173. The third-order valence-corrected chi connectivity index (χ3v) is 3.80. The summed E-state index contributed by atoms with van der Waals surface area (Å²) in [7, 11) is 1.34. The fourth-order valence-electron chi connectivity index (χ4n) is 2.13. The molecular formula is C19H27N3O6. The summed E-state index contributed by atoms with van der Waals surface area (Å²) in [4.78, 5) is 42.0. The number of benzene rings is 1. The van der Waals surface area contributed by atoms with E-state index in [1.54, 1.807) is 45.0 Å². The summed E-state index contributed by atoms with van der Waals surface area (Å²) in [6, 6.07) is 7.73. The number of hydrogen-bond acceptors (Lipinski definition) is 6. The fraction of sp³-hybridized carbons (Fsp3) is 0.474. The molecule has 9 heteroatoms. The van der Waals surface area contributed by atoms with Crippen molar-refractivity contribution in [3.63, 3.8) is 0 Å². The lowest BCUT2D eigenvalue weighted by atomic mass is 10.1. The molecule has 0 aliphatic heterocycles. The van der Waals surface area contributed by atoms with Crippen LogP contribution in [0.25, 0.3) is 0 Å². The van der Waals surface area contributed by atoms with Crippen LogP contribution in [-0.4, -0.2) is 58.8 Å². The first-order chi connectivity index (χ1) is 13.2. The Hall–Kier alpha value is -3.10. The average molecular weight is 393 g/mol. The van der Waals surface area contributed by atoms with Gasteiger partial charge in [-0.1, -0.05) is 56.2 Å². The first kappa shape index (κ1) is 22.9. The average Bonchev–Trinajstić information content (AvgIpc) is 2.67. The first-order valence-electron chi connectivity index (χ1n) is 8.95. The van der Waals surface area contributed by atoms with Gasteiger partial charge >= 0.3 is 18.0 Å². The van der Waals surface area contributed by atoms with Crippen LogP contribution in [0.15, 0.2) is 30.3 Å². The van der Waals surface area contributed by atoms with Crippen molar-refractivity contribution >= 4 is 24.0 Å². The fourth-order valence-corrected chi connectivity index (χ4v) is 2.13. The molecule has 0 saturated carbocycles. The number of guanidine groups is 1. The standard InChI is InChI=1S/C19H27N3O6/c1-5-11-27-19(26)22(28-17(25)13(2)3)18(20)21(4)15(16(23)24)12-14-9-7-6-8-10-14/h6-10,13,15,20H,5,11-12H2,1-4H3,(H,23,24). The van der Waals surface area contributed by atoms with Gasteiger partial charge in [-0.3, -0.25) is 5.41 Å². The van der Waals surface area contributed by atoms with E-state index in [1.807, 2.05) is 6.07 Å². The Kier molecular flexibility index (Phi) is 8.94. The van der Waals surface area contributed by atoms with E-state index in [9.17, 15) is 19.5 Å². The van der Waals surface area contributed by atoms with Crippen LogP contribution in [0.2, 0.25) is 0 Å². The highest BCUT2D eigenvalue weighted by molar-refractivity contribution is 5.94. The normalized spacial score (nSPS) is 11.5. The van der Waals surface area contributed by atoms with E-state index in [-0.39, 0.29) is 13.0 Å². The number of hydrogen-bond donors (Lipinski definition) is 2. The van der Waals surface area contributed by atoms with Crippen LogP contribution in [-0.2, 0) is 25.6 Å². The predicted octanol–water partition coefficient (Wildman–Crippen LogP) is 2.51.